The summed E-state index contributed by atoms with van der Waals surface area (Å²) < 4.78 is 32.6. The molecule has 1 fully saturated rings. The van der Waals surface area contributed by atoms with Gasteiger partial charge in [-0.15, -0.1) is 0 Å². The Morgan fingerprint density at radius 2 is 1.70 bits per heavy atom. The number of rotatable bonds is 6. The molecular formula is C24H25N3O5S. The number of ether oxygens (including phenoxy) is 1. The molecule has 2 atom stereocenters. The Hall–Kier alpha value is -3.24. The number of hydroxylamine groups is 1. The maximum Gasteiger partial charge on any atom is 0.281 e. The Bertz CT molecular complexity index is 1250. The van der Waals surface area contributed by atoms with Crippen LogP contribution in [0.1, 0.15) is 17.9 Å². The molecule has 3 aromatic carbocycles. The van der Waals surface area contributed by atoms with E-state index < -0.39 is 20.6 Å². The first-order chi connectivity index (χ1) is 15.8. The van der Waals surface area contributed by atoms with Crippen LogP contribution in [0.4, 0.5) is 0 Å². The molecule has 172 valence electrons. The number of nitrogens with zero attached hydrogens (tertiary/aromatic N) is 1. The van der Waals surface area contributed by atoms with Crippen molar-refractivity contribution in [1.82, 2.24) is 10.5 Å². The molecule has 1 aliphatic rings. The number of carbonyl (C=O) groups excluding carboxylic acids is 1. The zero-order valence-electron chi connectivity index (χ0n) is 18.0. The van der Waals surface area contributed by atoms with Crippen molar-refractivity contribution in [2.75, 3.05) is 13.7 Å². The van der Waals surface area contributed by atoms with Gasteiger partial charge in [-0.2, -0.15) is 0 Å². The lowest BCUT2D eigenvalue weighted by Crippen LogP contribution is -2.62. The van der Waals surface area contributed by atoms with Gasteiger partial charge in [0.25, 0.3) is 5.91 Å². The summed E-state index contributed by atoms with van der Waals surface area (Å²) in [7, 11) is -2.86. The van der Waals surface area contributed by atoms with E-state index in [1.54, 1.807) is 0 Å². The zero-order chi connectivity index (χ0) is 23.6. The molecule has 0 aromatic heterocycles. The predicted molar refractivity (Wildman–Crippen MR) is 123 cm³/mol. The molecule has 4 N–H and O–H groups in total. The van der Waals surface area contributed by atoms with E-state index in [0.29, 0.717) is 5.75 Å². The number of benzene rings is 3. The third-order valence-corrected chi connectivity index (χ3v) is 8.53. The molecule has 0 radical (unpaired) electrons. The number of hydrazine groups is 1. The van der Waals surface area contributed by atoms with Crippen LogP contribution in [0.2, 0.25) is 0 Å². The summed E-state index contributed by atoms with van der Waals surface area (Å²) in [5.74, 6) is 5.24. The van der Waals surface area contributed by atoms with Gasteiger partial charge in [0, 0.05) is 12.5 Å². The van der Waals surface area contributed by atoms with Crippen molar-refractivity contribution in [3.05, 3.63) is 84.4 Å². The summed E-state index contributed by atoms with van der Waals surface area (Å²) in [5.41, 5.74) is 4.30. The Kier molecular flexibility index (Phi) is 6.22. The van der Waals surface area contributed by atoms with Crippen LogP contribution in [0.25, 0.3) is 11.1 Å². The van der Waals surface area contributed by atoms with Crippen molar-refractivity contribution >= 4 is 15.7 Å². The highest BCUT2D eigenvalue weighted by atomic mass is 32.2. The molecule has 0 saturated carbocycles. The van der Waals surface area contributed by atoms with Gasteiger partial charge in [-0.3, -0.25) is 15.8 Å². The normalized spacial score (nSPS) is 21.0. The topological polar surface area (TPSA) is 122 Å². The Morgan fingerprint density at radius 3 is 2.33 bits per heavy atom. The van der Waals surface area contributed by atoms with Crippen molar-refractivity contribution in [3.63, 3.8) is 0 Å². The van der Waals surface area contributed by atoms with Gasteiger partial charge in [-0.25, -0.2) is 18.9 Å². The van der Waals surface area contributed by atoms with Crippen LogP contribution in [0.5, 0.6) is 5.75 Å². The van der Waals surface area contributed by atoms with Crippen molar-refractivity contribution in [3.8, 4) is 16.9 Å². The average molecular weight is 468 g/mol. The minimum absolute atomic E-state index is 0.0978. The van der Waals surface area contributed by atoms with E-state index in [1.165, 1.54) is 36.9 Å². The molecule has 3 aromatic rings. The number of hydrogen-bond donors (Lipinski definition) is 3. The number of nitrogens with two attached hydrogens (primary N) is 1. The maximum absolute atomic E-state index is 13.8. The highest BCUT2D eigenvalue weighted by Crippen LogP contribution is 2.45. The lowest BCUT2D eigenvalue weighted by Gasteiger charge is -2.32. The third kappa shape index (κ3) is 3.79. The minimum Gasteiger partial charge on any atom is -0.497 e. The summed E-state index contributed by atoms with van der Waals surface area (Å²) in [6.45, 7) is 0.104. The summed E-state index contributed by atoms with van der Waals surface area (Å²) in [4.78, 5) is 10.6. The van der Waals surface area contributed by atoms with Gasteiger partial charge < -0.3 is 4.74 Å². The van der Waals surface area contributed by atoms with E-state index in [-0.39, 0.29) is 23.8 Å². The summed E-state index contributed by atoms with van der Waals surface area (Å²) in [6.07, 6.45) is -0.131. The van der Waals surface area contributed by atoms with E-state index in [4.69, 9.17) is 10.6 Å². The van der Waals surface area contributed by atoms with Crippen molar-refractivity contribution in [1.29, 1.82) is 0 Å². The molecule has 0 unspecified atom stereocenters. The summed E-state index contributed by atoms with van der Waals surface area (Å²) in [5, 5.41) is 10.5. The lowest BCUT2D eigenvalue weighted by atomic mass is 9.89. The SMILES string of the molecule is COc1ccc(S(=O)(=O)[C@@]2(C(=O)NO)C[C@@H](c3ccccc3-c3ccccc3)CN2N)cc1. The molecule has 0 bridgehead atoms. The van der Waals surface area contributed by atoms with E-state index in [1.807, 2.05) is 54.6 Å². The monoisotopic (exact) mass is 467 g/mol. The molecule has 4 rings (SSSR count). The van der Waals surface area contributed by atoms with Gasteiger partial charge in [-0.05, 0) is 47.4 Å². The van der Waals surface area contributed by atoms with Crippen LogP contribution in [-0.4, -0.2) is 43.1 Å². The smallest absolute Gasteiger partial charge is 0.281 e. The Labute approximate surface area is 192 Å². The van der Waals surface area contributed by atoms with Crippen LogP contribution in [0, 0.1) is 0 Å². The first-order valence-corrected chi connectivity index (χ1v) is 11.8. The van der Waals surface area contributed by atoms with Crippen molar-refractivity contribution < 1.29 is 23.2 Å². The Morgan fingerprint density at radius 1 is 1.06 bits per heavy atom. The first kappa shape index (κ1) is 22.9. The van der Waals surface area contributed by atoms with E-state index in [0.717, 1.165) is 21.7 Å². The molecule has 1 aliphatic heterocycles. The molecule has 9 heteroatoms. The quantitative estimate of drug-likeness (QED) is 0.289. The van der Waals surface area contributed by atoms with Crippen molar-refractivity contribution in [2.24, 2.45) is 5.84 Å². The van der Waals surface area contributed by atoms with E-state index in [2.05, 4.69) is 0 Å². The molecule has 0 aliphatic carbocycles. The van der Waals surface area contributed by atoms with E-state index in [9.17, 15) is 18.4 Å². The number of hydrogen-bond acceptors (Lipinski definition) is 7. The molecule has 1 amide bonds. The van der Waals surface area contributed by atoms with Crippen LogP contribution in [-0.2, 0) is 14.6 Å². The zero-order valence-corrected chi connectivity index (χ0v) is 18.8. The first-order valence-electron chi connectivity index (χ1n) is 10.3. The predicted octanol–water partition coefficient (Wildman–Crippen LogP) is 2.70. The van der Waals surface area contributed by atoms with Crippen LogP contribution >= 0.6 is 0 Å². The molecular weight excluding hydrogens is 442 g/mol. The number of carbonyl (C=O) groups is 1. The van der Waals surface area contributed by atoms with Crippen LogP contribution in [0.3, 0.4) is 0 Å². The fraction of sp³-hybridized carbons (Fsp3) is 0.208. The number of methoxy groups -OCH3 is 1. The fourth-order valence-electron chi connectivity index (χ4n) is 4.49. The van der Waals surface area contributed by atoms with Crippen LogP contribution < -0.4 is 16.1 Å². The highest BCUT2D eigenvalue weighted by molar-refractivity contribution is 7.93. The second-order valence-corrected chi connectivity index (χ2v) is 10.1. The third-order valence-electron chi connectivity index (χ3n) is 6.16. The largest absolute Gasteiger partial charge is 0.497 e. The molecule has 1 heterocycles. The lowest BCUT2D eigenvalue weighted by molar-refractivity contribution is -0.136. The number of amides is 1. The molecule has 8 nitrogen and oxygen atoms in total. The van der Waals surface area contributed by atoms with Crippen LogP contribution in [0.15, 0.2) is 83.8 Å². The average Bonchev–Trinajstić information content (AvgIpc) is 3.22. The second-order valence-electron chi connectivity index (χ2n) is 7.91. The second kappa shape index (κ2) is 8.95. The molecule has 0 spiro atoms. The maximum atomic E-state index is 13.8. The number of nitrogens with one attached hydrogen (secondary N) is 1. The van der Waals surface area contributed by atoms with Gasteiger partial charge in [0.05, 0.1) is 12.0 Å². The van der Waals surface area contributed by atoms with Gasteiger partial charge in [0.1, 0.15) is 5.75 Å². The standard InChI is InChI=1S/C24H25N3O5S/c1-32-19-11-13-20(14-12-19)33(30,31)24(23(28)26-29)15-18(16-27(24)25)22-10-6-5-9-21(22)17-7-3-2-4-8-17/h2-14,18,29H,15-16,25H2,1H3,(H,26,28)/t18-,24-/m1/s1. The van der Waals surface area contributed by atoms with Crippen molar-refractivity contribution in [2.45, 2.75) is 22.1 Å². The molecule has 33 heavy (non-hydrogen) atoms. The van der Waals surface area contributed by atoms with Gasteiger partial charge in [0.2, 0.25) is 14.7 Å². The summed E-state index contributed by atoms with van der Waals surface area (Å²) >= 11 is 0. The van der Waals surface area contributed by atoms with Gasteiger partial charge >= 0.3 is 0 Å². The van der Waals surface area contributed by atoms with Gasteiger partial charge in [-0.1, -0.05) is 54.6 Å². The summed E-state index contributed by atoms with van der Waals surface area (Å²) in [6, 6.07) is 23.1. The van der Waals surface area contributed by atoms with Gasteiger partial charge in [0.15, 0.2) is 0 Å². The Balaban J connectivity index is 1.81. The fourth-order valence-corrected chi connectivity index (χ4v) is 6.47. The van der Waals surface area contributed by atoms with E-state index >= 15 is 0 Å². The molecule has 1 saturated heterocycles. The minimum atomic E-state index is -4.33. The number of sulfone groups is 1. The highest BCUT2D eigenvalue weighted by Gasteiger charge is 2.60.